The Hall–Kier alpha value is -2.06. The number of nitrogens with zero attached hydrogens (tertiary/aromatic N) is 1. The highest BCUT2D eigenvalue weighted by Gasteiger charge is 2.13. The lowest BCUT2D eigenvalue weighted by atomic mass is 10.2. The zero-order valence-electron chi connectivity index (χ0n) is 11.7. The molecule has 0 N–H and O–H groups in total. The van der Waals surface area contributed by atoms with Crippen LogP contribution in [0.15, 0.2) is 71.2 Å². The summed E-state index contributed by atoms with van der Waals surface area (Å²) in [5.74, 6) is 0. The van der Waals surface area contributed by atoms with Crippen molar-refractivity contribution >= 4 is 37.7 Å². The van der Waals surface area contributed by atoms with Gasteiger partial charge < -0.3 is 4.57 Å². The van der Waals surface area contributed by atoms with E-state index < -0.39 is 0 Å². The van der Waals surface area contributed by atoms with Crippen LogP contribution in [0.1, 0.15) is 5.56 Å². The summed E-state index contributed by atoms with van der Waals surface area (Å²) in [6, 6.07) is 23.5. The monoisotopic (exact) mass is 335 g/mol. The topological polar surface area (TPSA) is 4.93 Å². The first-order valence-corrected chi connectivity index (χ1v) is 7.80. The van der Waals surface area contributed by atoms with Crippen molar-refractivity contribution in [2.24, 2.45) is 0 Å². The van der Waals surface area contributed by atoms with Crippen molar-refractivity contribution in [2.45, 2.75) is 6.92 Å². The predicted molar refractivity (Wildman–Crippen MR) is 93.2 cm³/mol. The summed E-state index contributed by atoms with van der Waals surface area (Å²) >= 11 is 3.65. The van der Waals surface area contributed by atoms with Crippen LogP contribution >= 0.6 is 15.9 Å². The third-order valence-electron chi connectivity index (χ3n) is 4.06. The maximum absolute atomic E-state index is 3.65. The highest BCUT2D eigenvalue weighted by atomic mass is 79.9. The van der Waals surface area contributed by atoms with Gasteiger partial charge in [0.2, 0.25) is 0 Å². The van der Waals surface area contributed by atoms with E-state index in [4.69, 9.17) is 0 Å². The van der Waals surface area contributed by atoms with Crippen LogP contribution in [0.5, 0.6) is 0 Å². The van der Waals surface area contributed by atoms with Crippen molar-refractivity contribution in [2.75, 3.05) is 0 Å². The lowest BCUT2D eigenvalue weighted by Crippen LogP contribution is -1.97. The third kappa shape index (κ3) is 1.83. The van der Waals surface area contributed by atoms with E-state index in [-0.39, 0.29) is 0 Å². The lowest BCUT2D eigenvalue weighted by Gasteiger charge is -2.12. The minimum absolute atomic E-state index is 1.14. The second-order valence-electron chi connectivity index (χ2n) is 5.25. The van der Waals surface area contributed by atoms with Crippen molar-refractivity contribution in [1.82, 2.24) is 4.57 Å². The van der Waals surface area contributed by atoms with Crippen LogP contribution in [0.3, 0.4) is 0 Å². The Kier molecular flexibility index (Phi) is 2.86. The molecule has 1 aromatic heterocycles. The molecule has 0 bridgehead atoms. The van der Waals surface area contributed by atoms with E-state index in [0.717, 1.165) is 4.47 Å². The first kappa shape index (κ1) is 12.7. The Bertz CT molecular complexity index is 913. The fourth-order valence-corrected chi connectivity index (χ4v) is 3.38. The molecular weight excluding hydrogens is 322 g/mol. The smallest absolute Gasteiger partial charge is 0.0541 e. The first-order valence-electron chi connectivity index (χ1n) is 7.01. The number of benzene rings is 3. The fourth-order valence-electron chi connectivity index (χ4n) is 3.02. The third-order valence-corrected chi connectivity index (χ3v) is 4.92. The molecular formula is C19H14BrN. The molecule has 0 spiro atoms. The molecule has 0 fully saturated rings. The molecule has 2 heteroatoms. The van der Waals surface area contributed by atoms with Gasteiger partial charge in [-0.2, -0.15) is 0 Å². The highest BCUT2D eigenvalue weighted by molar-refractivity contribution is 9.10. The Morgan fingerprint density at radius 3 is 1.90 bits per heavy atom. The molecule has 0 atom stereocenters. The summed E-state index contributed by atoms with van der Waals surface area (Å²) in [5, 5.41) is 2.60. The number of rotatable bonds is 1. The summed E-state index contributed by atoms with van der Waals surface area (Å²) in [6.07, 6.45) is 0. The fraction of sp³-hybridized carbons (Fsp3) is 0.0526. The molecule has 0 saturated carbocycles. The Labute approximate surface area is 132 Å². The van der Waals surface area contributed by atoms with Gasteiger partial charge in [0.15, 0.2) is 0 Å². The molecule has 0 saturated heterocycles. The average molecular weight is 336 g/mol. The molecule has 1 heterocycles. The van der Waals surface area contributed by atoms with E-state index in [1.807, 2.05) is 0 Å². The van der Waals surface area contributed by atoms with Crippen molar-refractivity contribution in [3.8, 4) is 5.69 Å². The zero-order valence-corrected chi connectivity index (χ0v) is 13.3. The van der Waals surface area contributed by atoms with Crippen molar-refractivity contribution in [3.63, 3.8) is 0 Å². The van der Waals surface area contributed by atoms with Gasteiger partial charge in [-0.3, -0.25) is 0 Å². The lowest BCUT2D eigenvalue weighted by molar-refractivity contribution is 1.14. The van der Waals surface area contributed by atoms with E-state index >= 15 is 0 Å². The van der Waals surface area contributed by atoms with Gasteiger partial charge in [0, 0.05) is 15.2 Å². The maximum Gasteiger partial charge on any atom is 0.0541 e. The summed E-state index contributed by atoms with van der Waals surface area (Å²) in [6.45, 7) is 2.16. The summed E-state index contributed by atoms with van der Waals surface area (Å²) < 4.78 is 3.49. The number of para-hydroxylation sites is 2. The van der Waals surface area contributed by atoms with Crippen LogP contribution in [0.2, 0.25) is 0 Å². The largest absolute Gasteiger partial charge is 0.309 e. The molecule has 4 aromatic rings. The molecule has 0 unspecified atom stereocenters. The Morgan fingerprint density at radius 2 is 1.29 bits per heavy atom. The van der Waals surface area contributed by atoms with Crippen LogP contribution in [0.4, 0.5) is 0 Å². The van der Waals surface area contributed by atoms with Gasteiger partial charge in [-0.05, 0) is 36.8 Å². The summed E-state index contributed by atoms with van der Waals surface area (Å²) in [7, 11) is 0. The number of hydrogen-bond acceptors (Lipinski definition) is 0. The molecule has 0 radical (unpaired) electrons. The second kappa shape index (κ2) is 4.74. The molecule has 0 aliphatic carbocycles. The molecule has 102 valence electrons. The molecule has 0 aliphatic heterocycles. The maximum atomic E-state index is 3.65. The van der Waals surface area contributed by atoms with Crippen LogP contribution in [-0.2, 0) is 0 Å². The molecule has 21 heavy (non-hydrogen) atoms. The standard InChI is InChI=1S/C19H14BrN/c1-13-16(20)9-6-12-17(13)21-18-10-4-2-7-14(18)15-8-3-5-11-19(15)21/h2-12H,1H3. The van der Waals surface area contributed by atoms with E-state index in [2.05, 4.69) is 94.2 Å². The summed E-state index contributed by atoms with van der Waals surface area (Å²) in [4.78, 5) is 0. The first-order chi connectivity index (χ1) is 10.3. The van der Waals surface area contributed by atoms with Gasteiger partial charge in [0.1, 0.15) is 0 Å². The van der Waals surface area contributed by atoms with E-state index in [9.17, 15) is 0 Å². The van der Waals surface area contributed by atoms with E-state index in [1.54, 1.807) is 0 Å². The van der Waals surface area contributed by atoms with Gasteiger partial charge in [0.05, 0.1) is 16.7 Å². The molecule has 3 aromatic carbocycles. The molecule has 4 rings (SSSR count). The van der Waals surface area contributed by atoms with Gasteiger partial charge in [0.25, 0.3) is 0 Å². The predicted octanol–water partition coefficient (Wildman–Crippen LogP) is 5.85. The van der Waals surface area contributed by atoms with Crippen LogP contribution in [0.25, 0.3) is 27.5 Å². The van der Waals surface area contributed by atoms with E-state index in [0.29, 0.717) is 0 Å². The van der Waals surface area contributed by atoms with Crippen LogP contribution in [0, 0.1) is 6.92 Å². The average Bonchev–Trinajstić information content (AvgIpc) is 2.85. The SMILES string of the molecule is Cc1c(Br)cccc1-n1c2ccccc2c2ccccc21. The zero-order chi connectivity index (χ0) is 14.4. The molecule has 1 nitrogen and oxygen atoms in total. The van der Waals surface area contributed by atoms with Crippen LogP contribution in [-0.4, -0.2) is 4.57 Å². The summed E-state index contributed by atoms with van der Waals surface area (Å²) in [5.41, 5.74) is 4.98. The Morgan fingerprint density at radius 1 is 0.714 bits per heavy atom. The van der Waals surface area contributed by atoms with Gasteiger partial charge in [-0.15, -0.1) is 0 Å². The number of fused-ring (bicyclic) bond motifs is 3. The normalized spacial score (nSPS) is 11.3. The second-order valence-corrected chi connectivity index (χ2v) is 6.11. The van der Waals surface area contributed by atoms with Gasteiger partial charge >= 0.3 is 0 Å². The van der Waals surface area contributed by atoms with Gasteiger partial charge in [-0.25, -0.2) is 0 Å². The van der Waals surface area contributed by atoms with Crippen LogP contribution < -0.4 is 0 Å². The Balaban J connectivity index is 2.23. The highest BCUT2D eigenvalue weighted by Crippen LogP contribution is 2.34. The van der Waals surface area contributed by atoms with Crippen molar-refractivity contribution < 1.29 is 0 Å². The molecule has 0 amide bonds. The van der Waals surface area contributed by atoms with Gasteiger partial charge in [-0.1, -0.05) is 58.4 Å². The quantitative estimate of drug-likeness (QED) is 0.411. The number of halogens is 1. The molecule has 0 aliphatic rings. The number of aromatic nitrogens is 1. The minimum atomic E-state index is 1.14. The van der Waals surface area contributed by atoms with E-state index in [1.165, 1.54) is 33.1 Å². The van der Waals surface area contributed by atoms with Crippen molar-refractivity contribution in [3.05, 3.63) is 76.8 Å². The minimum Gasteiger partial charge on any atom is -0.309 e. The van der Waals surface area contributed by atoms with Crippen molar-refractivity contribution in [1.29, 1.82) is 0 Å². The number of hydrogen-bond donors (Lipinski definition) is 0.